The first-order valence-corrected chi connectivity index (χ1v) is 7.73. The summed E-state index contributed by atoms with van der Waals surface area (Å²) >= 11 is 0. The Morgan fingerprint density at radius 3 is 2.10 bits per heavy atom. The highest BCUT2D eigenvalue weighted by molar-refractivity contribution is 7.89. The number of nitrogens with two attached hydrogens (primary N) is 1. The number of hydrogen-bond donors (Lipinski definition) is 3. The molecule has 0 radical (unpaired) electrons. The van der Waals surface area contributed by atoms with Crippen molar-refractivity contribution in [3.63, 3.8) is 0 Å². The van der Waals surface area contributed by atoms with Crippen LogP contribution in [-0.4, -0.2) is 25.9 Å². The van der Waals surface area contributed by atoms with Gasteiger partial charge in [-0.15, -0.1) is 0 Å². The van der Waals surface area contributed by atoms with Gasteiger partial charge in [-0.2, -0.15) is 0 Å². The van der Waals surface area contributed by atoms with Gasteiger partial charge in [-0.05, 0) is 52.0 Å². The first-order chi connectivity index (χ1) is 9.02. The van der Waals surface area contributed by atoms with Gasteiger partial charge in [0.05, 0.1) is 10.4 Å². The molecule has 0 atom stereocenters. The van der Waals surface area contributed by atoms with Crippen molar-refractivity contribution in [3.8, 4) is 0 Å². The zero-order chi connectivity index (χ0) is 15.6. The maximum absolute atomic E-state index is 11.9. The lowest BCUT2D eigenvalue weighted by molar-refractivity contribution is -0.120. The Morgan fingerprint density at radius 2 is 1.70 bits per heavy atom. The van der Waals surface area contributed by atoms with Gasteiger partial charge < -0.3 is 11.1 Å². The number of carbonyl (C=O) groups is 1. The van der Waals surface area contributed by atoms with Crippen molar-refractivity contribution >= 4 is 21.6 Å². The summed E-state index contributed by atoms with van der Waals surface area (Å²) in [7, 11) is -3.52. The Morgan fingerprint density at radius 1 is 1.20 bits per heavy atom. The summed E-state index contributed by atoms with van der Waals surface area (Å²) in [5.74, 6) is -0.339. The van der Waals surface area contributed by atoms with Crippen LogP contribution in [0.15, 0.2) is 29.2 Å². The molecule has 0 saturated heterocycles. The Labute approximate surface area is 119 Å². The molecule has 0 aliphatic carbocycles. The molecule has 4 N–H and O–H groups in total. The molecule has 1 aromatic rings. The number of rotatable bonds is 5. The summed E-state index contributed by atoms with van der Waals surface area (Å²) in [5.41, 5.74) is 5.16. The highest BCUT2D eigenvalue weighted by Crippen LogP contribution is 2.15. The van der Waals surface area contributed by atoms with Crippen LogP contribution in [0, 0.1) is 0 Å². The summed E-state index contributed by atoms with van der Waals surface area (Å²) in [5, 5.41) is 2.62. The van der Waals surface area contributed by atoms with E-state index in [1.807, 2.05) is 0 Å². The molecule has 1 amide bonds. The van der Waals surface area contributed by atoms with E-state index in [0.717, 1.165) is 0 Å². The van der Waals surface area contributed by atoms with E-state index in [2.05, 4.69) is 10.0 Å². The van der Waals surface area contributed by atoms with Crippen molar-refractivity contribution in [2.45, 2.75) is 44.2 Å². The van der Waals surface area contributed by atoms with E-state index in [4.69, 9.17) is 5.73 Å². The molecule has 0 aliphatic heterocycles. The molecule has 6 nitrogen and oxygen atoms in total. The van der Waals surface area contributed by atoms with Crippen LogP contribution >= 0.6 is 0 Å². The molecule has 0 aromatic heterocycles. The highest BCUT2D eigenvalue weighted by atomic mass is 32.2. The normalized spacial score (nSPS) is 12.5. The summed E-state index contributed by atoms with van der Waals surface area (Å²) in [6, 6.07) is 5.74. The van der Waals surface area contributed by atoms with Crippen molar-refractivity contribution in [2.75, 3.05) is 5.32 Å². The number of hydrogen-bond acceptors (Lipinski definition) is 4. The second-order valence-corrected chi connectivity index (χ2v) is 7.19. The summed E-state index contributed by atoms with van der Waals surface area (Å²) in [6.45, 7) is 6.67. The van der Waals surface area contributed by atoms with E-state index in [1.54, 1.807) is 27.7 Å². The predicted octanol–water partition coefficient (Wildman–Crippen LogP) is 1.05. The average molecular weight is 299 g/mol. The van der Waals surface area contributed by atoms with Gasteiger partial charge >= 0.3 is 0 Å². The van der Waals surface area contributed by atoms with Gasteiger partial charge in [-0.3, -0.25) is 4.79 Å². The minimum atomic E-state index is -3.52. The molecule has 0 aliphatic rings. The van der Waals surface area contributed by atoms with Crippen LogP contribution in [0.5, 0.6) is 0 Å². The first-order valence-electron chi connectivity index (χ1n) is 6.25. The fourth-order valence-corrected chi connectivity index (χ4v) is 2.64. The maximum Gasteiger partial charge on any atom is 0.243 e. The molecule has 112 valence electrons. The van der Waals surface area contributed by atoms with E-state index >= 15 is 0 Å². The third-order valence-electron chi connectivity index (χ3n) is 2.40. The molecule has 1 rings (SSSR count). The van der Waals surface area contributed by atoms with Gasteiger partial charge in [0.2, 0.25) is 15.9 Å². The van der Waals surface area contributed by atoms with Crippen molar-refractivity contribution in [3.05, 3.63) is 24.3 Å². The minimum absolute atomic E-state index is 0.149. The number of amides is 1. The highest BCUT2D eigenvalue weighted by Gasteiger charge is 2.22. The lowest BCUT2D eigenvalue weighted by atomic mass is 10.1. The fraction of sp³-hybridized carbons (Fsp3) is 0.462. The Bertz CT molecular complexity index is 572. The van der Waals surface area contributed by atoms with Gasteiger partial charge in [0.15, 0.2) is 0 Å². The molecule has 0 unspecified atom stereocenters. The van der Waals surface area contributed by atoms with Crippen LogP contribution in [0.25, 0.3) is 0 Å². The zero-order valence-electron chi connectivity index (χ0n) is 12.1. The zero-order valence-corrected chi connectivity index (χ0v) is 12.9. The monoisotopic (exact) mass is 299 g/mol. The number of sulfonamides is 1. The van der Waals surface area contributed by atoms with Crippen molar-refractivity contribution in [1.82, 2.24) is 4.72 Å². The van der Waals surface area contributed by atoms with Gasteiger partial charge in [0.25, 0.3) is 0 Å². The van der Waals surface area contributed by atoms with E-state index in [9.17, 15) is 13.2 Å². The Balaban J connectivity index is 2.87. The van der Waals surface area contributed by atoms with Gasteiger partial charge in [0.1, 0.15) is 0 Å². The number of carbonyl (C=O) groups excluding carboxylic acids is 1. The molecular weight excluding hydrogens is 278 g/mol. The van der Waals surface area contributed by atoms with Crippen LogP contribution in [0.3, 0.4) is 0 Å². The summed E-state index contributed by atoms with van der Waals surface area (Å²) < 4.78 is 26.3. The molecule has 0 fully saturated rings. The van der Waals surface area contributed by atoms with Crippen molar-refractivity contribution in [2.24, 2.45) is 5.73 Å². The standard InChI is InChI=1S/C13H21N3O3S/c1-9(2)16-20(18,19)11-7-5-10(6-8-11)15-12(17)13(3,4)14/h5-9,16H,14H2,1-4H3,(H,15,17). The maximum atomic E-state index is 11.9. The first kappa shape index (κ1) is 16.6. The minimum Gasteiger partial charge on any atom is -0.325 e. The van der Waals surface area contributed by atoms with Crippen LogP contribution in [-0.2, 0) is 14.8 Å². The number of nitrogens with one attached hydrogen (secondary N) is 2. The van der Waals surface area contributed by atoms with Gasteiger partial charge in [-0.1, -0.05) is 0 Å². The van der Waals surface area contributed by atoms with Crippen LogP contribution in [0.2, 0.25) is 0 Å². The SMILES string of the molecule is CC(C)NS(=O)(=O)c1ccc(NC(=O)C(C)(C)N)cc1. The third-order valence-corrected chi connectivity index (χ3v) is 4.07. The average Bonchev–Trinajstić information content (AvgIpc) is 2.26. The van der Waals surface area contributed by atoms with Crippen LogP contribution < -0.4 is 15.8 Å². The lowest BCUT2D eigenvalue weighted by Crippen LogP contribution is -2.45. The van der Waals surface area contributed by atoms with E-state index < -0.39 is 15.6 Å². The van der Waals surface area contributed by atoms with E-state index in [0.29, 0.717) is 5.69 Å². The van der Waals surface area contributed by atoms with Crippen LogP contribution in [0.1, 0.15) is 27.7 Å². The smallest absolute Gasteiger partial charge is 0.243 e. The Hall–Kier alpha value is -1.44. The fourth-order valence-electron chi connectivity index (χ4n) is 1.39. The predicted molar refractivity (Wildman–Crippen MR) is 78.8 cm³/mol. The topological polar surface area (TPSA) is 101 Å². The molecule has 0 saturated carbocycles. The van der Waals surface area contributed by atoms with Crippen LogP contribution in [0.4, 0.5) is 5.69 Å². The number of anilines is 1. The molecular formula is C13H21N3O3S. The van der Waals surface area contributed by atoms with Gasteiger partial charge in [-0.25, -0.2) is 13.1 Å². The summed E-state index contributed by atoms with van der Waals surface area (Å²) in [4.78, 5) is 11.8. The van der Waals surface area contributed by atoms with Gasteiger partial charge in [0, 0.05) is 11.7 Å². The van der Waals surface area contributed by atoms with E-state index in [-0.39, 0.29) is 16.8 Å². The Kier molecular flexibility index (Phi) is 4.90. The largest absolute Gasteiger partial charge is 0.325 e. The second kappa shape index (κ2) is 5.90. The van der Waals surface area contributed by atoms with Crippen molar-refractivity contribution < 1.29 is 13.2 Å². The summed E-state index contributed by atoms with van der Waals surface area (Å²) in [6.07, 6.45) is 0. The molecule has 0 bridgehead atoms. The third kappa shape index (κ3) is 4.59. The molecule has 7 heteroatoms. The molecule has 20 heavy (non-hydrogen) atoms. The van der Waals surface area contributed by atoms with Crippen molar-refractivity contribution in [1.29, 1.82) is 0 Å². The molecule has 0 heterocycles. The molecule has 0 spiro atoms. The quantitative estimate of drug-likeness (QED) is 0.756. The second-order valence-electron chi connectivity index (χ2n) is 5.48. The van der Waals surface area contributed by atoms with E-state index in [1.165, 1.54) is 24.3 Å². The molecule has 1 aromatic carbocycles. The number of benzene rings is 1. The lowest BCUT2D eigenvalue weighted by Gasteiger charge is -2.18.